The standard InChI is InChI=1S/C11H16O4/c1-2-14-10(12)9-7-5-3-4-6-8(7)15-11(9)13/h7-9H,2-6H2,1H3. The Hall–Kier alpha value is -1.06. The Morgan fingerprint density at radius 3 is 2.93 bits per heavy atom. The van der Waals surface area contributed by atoms with Crippen LogP contribution in [0.25, 0.3) is 0 Å². The Morgan fingerprint density at radius 1 is 1.47 bits per heavy atom. The van der Waals surface area contributed by atoms with Crippen LogP contribution in [0.2, 0.25) is 0 Å². The van der Waals surface area contributed by atoms with Crippen molar-refractivity contribution in [2.24, 2.45) is 11.8 Å². The van der Waals surface area contributed by atoms with E-state index >= 15 is 0 Å². The van der Waals surface area contributed by atoms with Crippen molar-refractivity contribution in [3.05, 3.63) is 0 Å². The molecule has 0 amide bonds. The number of fused-ring (bicyclic) bond motifs is 1. The van der Waals surface area contributed by atoms with Crippen LogP contribution in [0, 0.1) is 11.8 Å². The fourth-order valence-electron chi connectivity index (χ4n) is 2.55. The van der Waals surface area contributed by atoms with Gasteiger partial charge in [-0.1, -0.05) is 6.42 Å². The first-order chi connectivity index (χ1) is 7.24. The molecule has 15 heavy (non-hydrogen) atoms. The Labute approximate surface area is 88.9 Å². The van der Waals surface area contributed by atoms with Crippen molar-refractivity contribution < 1.29 is 19.1 Å². The van der Waals surface area contributed by atoms with Gasteiger partial charge >= 0.3 is 11.9 Å². The summed E-state index contributed by atoms with van der Waals surface area (Å²) in [7, 11) is 0. The Bertz CT molecular complexity index is 274. The highest BCUT2D eigenvalue weighted by atomic mass is 16.6. The van der Waals surface area contributed by atoms with Crippen LogP contribution in [0.3, 0.4) is 0 Å². The molecule has 0 N–H and O–H groups in total. The van der Waals surface area contributed by atoms with Crippen LogP contribution in [0.4, 0.5) is 0 Å². The first-order valence-corrected chi connectivity index (χ1v) is 5.61. The zero-order valence-corrected chi connectivity index (χ0v) is 8.90. The molecule has 3 unspecified atom stereocenters. The molecule has 0 aromatic rings. The molecule has 2 aliphatic rings. The van der Waals surface area contributed by atoms with Crippen molar-refractivity contribution in [1.29, 1.82) is 0 Å². The smallest absolute Gasteiger partial charge is 0.321 e. The van der Waals surface area contributed by atoms with Gasteiger partial charge in [-0.3, -0.25) is 9.59 Å². The quantitative estimate of drug-likeness (QED) is 0.511. The molecule has 2 fully saturated rings. The molecular formula is C11H16O4. The molecule has 0 radical (unpaired) electrons. The second-order valence-electron chi connectivity index (χ2n) is 4.15. The van der Waals surface area contributed by atoms with E-state index < -0.39 is 11.9 Å². The number of hydrogen-bond acceptors (Lipinski definition) is 4. The highest BCUT2D eigenvalue weighted by Crippen LogP contribution is 2.39. The van der Waals surface area contributed by atoms with Crippen LogP contribution in [0.5, 0.6) is 0 Å². The summed E-state index contributed by atoms with van der Waals surface area (Å²) in [6.07, 6.45) is 3.92. The fourth-order valence-corrected chi connectivity index (χ4v) is 2.55. The van der Waals surface area contributed by atoms with E-state index in [1.807, 2.05) is 0 Å². The second-order valence-corrected chi connectivity index (χ2v) is 4.15. The molecular weight excluding hydrogens is 196 g/mol. The predicted octanol–water partition coefficient (Wildman–Crippen LogP) is 1.28. The minimum Gasteiger partial charge on any atom is -0.465 e. The number of carbonyl (C=O) groups excluding carboxylic acids is 2. The fraction of sp³-hybridized carbons (Fsp3) is 0.818. The van der Waals surface area contributed by atoms with Gasteiger partial charge in [0.2, 0.25) is 0 Å². The topological polar surface area (TPSA) is 52.6 Å². The number of ether oxygens (including phenoxy) is 2. The molecule has 4 heteroatoms. The van der Waals surface area contributed by atoms with Crippen LogP contribution in [0.15, 0.2) is 0 Å². The second kappa shape index (κ2) is 4.21. The number of esters is 2. The van der Waals surface area contributed by atoms with Crippen molar-refractivity contribution in [1.82, 2.24) is 0 Å². The lowest BCUT2D eigenvalue weighted by Crippen LogP contribution is -2.31. The summed E-state index contributed by atoms with van der Waals surface area (Å²) in [4.78, 5) is 23.1. The minimum absolute atomic E-state index is 0.0411. The summed E-state index contributed by atoms with van der Waals surface area (Å²) in [5, 5.41) is 0. The van der Waals surface area contributed by atoms with Crippen molar-refractivity contribution in [2.75, 3.05) is 6.61 Å². The SMILES string of the molecule is CCOC(=O)C1C(=O)OC2CCCCC21. The summed E-state index contributed by atoms with van der Waals surface area (Å²) in [6.45, 7) is 2.07. The van der Waals surface area contributed by atoms with Crippen LogP contribution < -0.4 is 0 Å². The van der Waals surface area contributed by atoms with E-state index in [1.165, 1.54) is 0 Å². The zero-order valence-electron chi connectivity index (χ0n) is 8.90. The Kier molecular flexibility index (Phi) is 2.93. The van der Waals surface area contributed by atoms with Crippen LogP contribution in [0.1, 0.15) is 32.6 Å². The largest absolute Gasteiger partial charge is 0.465 e. The van der Waals surface area contributed by atoms with Gasteiger partial charge in [0, 0.05) is 5.92 Å². The lowest BCUT2D eigenvalue weighted by molar-refractivity contribution is -0.156. The van der Waals surface area contributed by atoms with Gasteiger partial charge in [-0.15, -0.1) is 0 Å². The van der Waals surface area contributed by atoms with E-state index in [9.17, 15) is 9.59 Å². The lowest BCUT2D eigenvalue weighted by Gasteiger charge is -2.24. The lowest BCUT2D eigenvalue weighted by atomic mass is 9.80. The molecule has 84 valence electrons. The van der Waals surface area contributed by atoms with E-state index in [1.54, 1.807) is 6.92 Å². The van der Waals surface area contributed by atoms with Crippen LogP contribution >= 0.6 is 0 Å². The van der Waals surface area contributed by atoms with Crippen molar-refractivity contribution in [3.8, 4) is 0 Å². The molecule has 0 bridgehead atoms. The average Bonchev–Trinajstić information content (AvgIpc) is 2.54. The Balaban J connectivity index is 2.09. The maximum atomic E-state index is 11.6. The highest BCUT2D eigenvalue weighted by Gasteiger charge is 2.49. The summed E-state index contributed by atoms with van der Waals surface area (Å²) >= 11 is 0. The van der Waals surface area contributed by atoms with Gasteiger partial charge in [-0.2, -0.15) is 0 Å². The summed E-state index contributed by atoms with van der Waals surface area (Å²) in [5.41, 5.74) is 0. The van der Waals surface area contributed by atoms with E-state index in [2.05, 4.69) is 0 Å². The van der Waals surface area contributed by atoms with Gasteiger partial charge in [0.15, 0.2) is 5.92 Å². The van der Waals surface area contributed by atoms with Crippen molar-refractivity contribution >= 4 is 11.9 Å². The molecule has 1 aliphatic heterocycles. The number of rotatable bonds is 2. The minimum atomic E-state index is -0.657. The van der Waals surface area contributed by atoms with Gasteiger partial charge in [0.25, 0.3) is 0 Å². The van der Waals surface area contributed by atoms with Gasteiger partial charge in [0.05, 0.1) is 6.61 Å². The summed E-state index contributed by atoms with van der Waals surface area (Å²) in [6, 6.07) is 0. The van der Waals surface area contributed by atoms with Crippen LogP contribution in [-0.2, 0) is 19.1 Å². The predicted molar refractivity (Wildman–Crippen MR) is 52.0 cm³/mol. The number of hydrogen-bond donors (Lipinski definition) is 0. The first-order valence-electron chi connectivity index (χ1n) is 5.61. The molecule has 1 heterocycles. The molecule has 1 saturated carbocycles. The first kappa shape index (κ1) is 10.5. The third-order valence-corrected chi connectivity index (χ3v) is 3.24. The van der Waals surface area contributed by atoms with Gasteiger partial charge in [0.1, 0.15) is 6.10 Å². The van der Waals surface area contributed by atoms with Crippen LogP contribution in [-0.4, -0.2) is 24.6 Å². The van der Waals surface area contributed by atoms with Gasteiger partial charge in [-0.05, 0) is 26.2 Å². The Morgan fingerprint density at radius 2 is 2.20 bits per heavy atom. The highest BCUT2D eigenvalue weighted by molar-refractivity contribution is 5.96. The van der Waals surface area contributed by atoms with E-state index in [0.717, 1.165) is 25.7 Å². The van der Waals surface area contributed by atoms with E-state index in [-0.39, 0.29) is 18.0 Å². The molecule has 1 saturated heterocycles. The van der Waals surface area contributed by atoms with Crippen molar-refractivity contribution in [2.45, 2.75) is 38.7 Å². The molecule has 4 nitrogen and oxygen atoms in total. The zero-order chi connectivity index (χ0) is 10.8. The summed E-state index contributed by atoms with van der Waals surface area (Å²) < 4.78 is 10.1. The normalized spacial score (nSPS) is 34.5. The molecule has 0 aromatic carbocycles. The molecule has 0 aromatic heterocycles. The third-order valence-electron chi connectivity index (χ3n) is 3.24. The third kappa shape index (κ3) is 1.85. The molecule has 0 spiro atoms. The molecule has 1 aliphatic carbocycles. The van der Waals surface area contributed by atoms with Gasteiger partial charge in [-0.25, -0.2) is 0 Å². The van der Waals surface area contributed by atoms with E-state index in [4.69, 9.17) is 9.47 Å². The number of carbonyl (C=O) groups is 2. The maximum Gasteiger partial charge on any atom is 0.321 e. The molecule has 3 atom stereocenters. The maximum absolute atomic E-state index is 11.6. The monoisotopic (exact) mass is 212 g/mol. The van der Waals surface area contributed by atoms with Crippen molar-refractivity contribution in [3.63, 3.8) is 0 Å². The van der Waals surface area contributed by atoms with Gasteiger partial charge < -0.3 is 9.47 Å². The average molecular weight is 212 g/mol. The van der Waals surface area contributed by atoms with E-state index in [0.29, 0.717) is 6.61 Å². The molecule has 2 rings (SSSR count). The summed E-state index contributed by atoms with van der Waals surface area (Å²) in [5.74, 6) is -1.39.